The zero-order valence-electron chi connectivity index (χ0n) is 10.5. The highest BCUT2D eigenvalue weighted by Gasteiger charge is 2.08. The Labute approximate surface area is 119 Å². The van der Waals surface area contributed by atoms with Gasteiger partial charge in [0.2, 0.25) is 0 Å². The van der Waals surface area contributed by atoms with E-state index in [0.29, 0.717) is 6.42 Å². The Kier molecular flexibility index (Phi) is 6.36. The average Bonchev–Trinajstić information content (AvgIpc) is 2.92. The second kappa shape index (κ2) is 7.79. The molecule has 0 bridgehead atoms. The largest absolute Gasteiger partial charge is 0.465 e. The van der Waals surface area contributed by atoms with Gasteiger partial charge in [0.1, 0.15) is 5.76 Å². The maximum atomic E-state index is 9.08. The normalized spacial score (nSPS) is 12.8. The summed E-state index contributed by atoms with van der Waals surface area (Å²) < 4.78 is 5.32. The van der Waals surface area contributed by atoms with Crippen molar-refractivity contribution in [3.05, 3.63) is 60.1 Å². The lowest BCUT2D eigenvalue weighted by Gasteiger charge is -2.12. The van der Waals surface area contributed by atoms with Gasteiger partial charge in [-0.25, -0.2) is 0 Å². The molecule has 0 saturated heterocycles. The van der Waals surface area contributed by atoms with E-state index < -0.39 is 0 Å². The van der Waals surface area contributed by atoms with E-state index in [1.165, 1.54) is 0 Å². The van der Waals surface area contributed by atoms with Crippen LogP contribution < -0.4 is 5.73 Å². The average molecular weight is 280 g/mol. The molecule has 0 spiro atoms. The molecule has 2 aromatic rings. The molecule has 0 fully saturated rings. The number of benzene rings is 1. The summed E-state index contributed by atoms with van der Waals surface area (Å²) in [6, 6.07) is 13.5. The monoisotopic (exact) mass is 279 g/mol. The SMILES string of the molecule is Cl.NC(CO)C/C(=C\c1ccco1)c1ccccc1. The van der Waals surface area contributed by atoms with Crippen molar-refractivity contribution in [3.8, 4) is 0 Å². The Morgan fingerprint density at radius 1 is 1.21 bits per heavy atom. The molecule has 0 aliphatic carbocycles. The maximum Gasteiger partial charge on any atom is 0.126 e. The molecule has 0 amide bonds. The van der Waals surface area contributed by atoms with E-state index in [1.807, 2.05) is 48.5 Å². The zero-order chi connectivity index (χ0) is 12.8. The molecule has 4 heteroatoms. The second-order valence-electron chi connectivity index (χ2n) is 4.20. The minimum atomic E-state index is -0.258. The van der Waals surface area contributed by atoms with E-state index in [4.69, 9.17) is 15.3 Å². The fraction of sp³-hybridized carbons (Fsp3) is 0.200. The minimum Gasteiger partial charge on any atom is -0.465 e. The summed E-state index contributed by atoms with van der Waals surface area (Å²) in [6.45, 7) is -0.0255. The van der Waals surface area contributed by atoms with Crippen molar-refractivity contribution in [1.29, 1.82) is 0 Å². The van der Waals surface area contributed by atoms with Crippen LogP contribution in [0.1, 0.15) is 17.7 Å². The van der Waals surface area contributed by atoms with Gasteiger partial charge in [0.05, 0.1) is 12.9 Å². The van der Waals surface area contributed by atoms with Gasteiger partial charge in [-0.2, -0.15) is 0 Å². The van der Waals surface area contributed by atoms with Gasteiger partial charge < -0.3 is 15.3 Å². The molecule has 102 valence electrons. The van der Waals surface area contributed by atoms with E-state index in [9.17, 15) is 0 Å². The quantitative estimate of drug-likeness (QED) is 0.885. The molecule has 0 saturated carbocycles. The fourth-order valence-electron chi connectivity index (χ4n) is 1.80. The lowest BCUT2D eigenvalue weighted by molar-refractivity contribution is 0.268. The summed E-state index contributed by atoms with van der Waals surface area (Å²) in [4.78, 5) is 0. The standard InChI is InChI=1S/C15H17NO2.ClH/c16-14(11-17)9-13(10-15-7-4-8-18-15)12-5-2-1-3-6-12;/h1-8,10,14,17H,9,11,16H2;1H/b13-10+;. The molecule has 19 heavy (non-hydrogen) atoms. The van der Waals surface area contributed by atoms with Crippen LogP contribution in [0.5, 0.6) is 0 Å². The molecular formula is C15H18ClNO2. The number of rotatable bonds is 5. The summed E-state index contributed by atoms with van der Waals surface area (Å²) in [5.41, 5.74) is 7.98. The Hall–Kier alpha value is -1.55. The number of halogens is 1. The Morgan fingerprint density at radius 3 is 2.53 bits per heavy atom. The highest BCUT2D eigenvalue weighted by atomic mass is 35.5. The van der Waals surface area contributed by atoms with Crippen molar-refractivity contribution in [1.82, 2.24) is 0 Å². The first-order valence-corrected chi connectivity index (χ1v) is 5.95. The van der Waals surface area contributed by atoms with Crippen molar-refractivity contribution in [2.75, 3.05) is 6.61 Å². The van der Waals surface area contributed by atoms with Crippen LogP contribution >= 0.6 is 12.4 Å². The summed E-state index contributed by atoms with van der Waals surface area (Å²) >= 11 is 0. The number of aliphatic hydroxyl groups excluding tert-OH is 1. The van der Waals surface area contributed by atoms with Gasteiger partial charge >= 0.3 is 0 Å². The van der Waals surface area contributed by atoms with Gasteiger partial charge in [-0.15, -0.1) is 12.4 Å². The third-order valence-electron chi connectivity index (χ3n) is 2.72. The highest BCUT2D eigenvalue weighted by molar-refractivity contribution is 5.85. The Balaban J connectivity index is 0.00000180. The molecule has 0 aliphatic heterocycles. The molecule has 0 aliphatic rings. The van der Waals surface area contributed by atoms with Gasteiger partial charge in [0.25, 0.3) is 0 Å². The zero-order valence-corrected chi connectivity index (χ0v) is 11.3. The van der Waals surface area contributed by atoms with Crippen LogP contribution in [-0.2, 0) is 0 Å². The Morgan fingerprint density at radius 2 is 1.95 bits per heavy atom. The van der Waals surface area contributed by atoms with Gasteiger partial charge in [0.15, 0.2) is 0 Å². The topological polar surface area (TPSA) is 59.4 Å². The molecular weight excluding hydrogens is 262 g/mol. The number of hydrogen-bond acceptors (Lipinski definition) is 3. The number of nitrogens with two attached hydrogens (primary N) is 1. The first kappa shape index (κ1) is 15.5. The van der Waals surface area contributed by atoms with Crippen LogP contribution in [0.15, 0.2) is 53.1 Å². The molecule has 1 unspecified atom stereocenters. The predicted molar refractivity (Wildman–Crippen MR) is 79.9 cm³/mol. The van der Waals surface area contributed by atoms with Crippen LogP contribution in [0, 0.1) is 0 Å². The summed E-state index contributed by atoms with van der Waals surface area (Å²) in [5.74, 6) is 0.791. The van der Waals surface area contributed by atoms with E-state index >= 15 is 0 Å². The minimum absolute atomic E-state index is 0. The predicted octanol–water partition coefficient (Wildman–Crippen LogP) is 2.95. The van der Waals surface area contributed by atoms with Crippen LogP contribution in [0.4, 0.5) is 0 Å². The third kappa shape index (κ3) is 4.56. The first-order valence-electron chi connectivity index (χ1n) is 5.95. The molecule has 1 atom stereocenters. The van der Waals surface area contributed by atoms with E-state index in [0.717, 1.165) is 16.9 Å². The van der Waals surface area contributed by atoms with Crippen molar-refractivity contribution in [2.45, 2.75) is 12.5 Å². The van der Waals surface area contributed by atoms with Crippen molar-refractivity contribution < 1.29 is 9.52 Å². The van der Waals surface area contributed by atoms with Crippen LogP contribution in [-0.4, -0.2) is 17.8 Å². The van der Waals surface area contributed by atoms with Gasteiger partial charge in [-0.05, 0) is 35.8 Å². The van der Waals surface area contributed by atoms with Crippen LogP contribution in [0.3, 0.4) is 0 Å². The van der Waals surface area contributed by atoms with E-state index in [1.54, 1.807) is 6.26 Å². The lowest BCUT2D eigenvalue weighted by Crippen LogP contribution is -2.24. The number of aliphatic hydroxyl groups is 1. The van der Waals surface area contributed by atoms with Gasteiger partial charge in [-0.3, -0.25) is 0 Å². The highest BCUT2D eigenvalue weighted by Crippen LogP contribution is 2.22. The number of hydrogen-bond donors (Lipinski definition) is 2. The van der Waals surface area contributed by atoms with Gasteiger partial charge in [-0.1, -0.05) is 30.3 Å². The first-order chi connectivity index (χ1) is 8.79. The molecule has 1 heterocycles. The van der Waals surface area contributed by atoms with E-state index in [-0.39, 0.29) is 25.1 Å². The lowest BCUT2D eigenvalue weighted by atomic mass is 9.98. The Bertz CT molecular complexity index is 494. The second-order valence-corrected chi connectivity index (χ2v) is 4.20. The maximum absolute atomic E-state index is 9.08. The van der Waals surface area contributed by atoms with Gasteiger partial charge in [0, 0.05) is 6.04 Å². The summed E-state index contributed by atoms with van der Waals surface area (Å²) in [6.07, 6.45) is 4.21. The molecule has 1 aromatic carbocycles. The summed E-state index contributed by atoms with van der Waals surface area (Å²) in [5, 5.41) is 9.08. The third-order valence-corrected chi connectivity index (χ3v) is 2.72. The van der Waals surface area contributed by atoms with Crippen LogP contribution in [0.25, 0.3) is 11.6 Å². The molecule has 2 rings (SSSR count). The molecule has 3 nitrogen and oxygen atoms in total. The number of furan rings is 1. The van der Waals surface area contributed by atoms with Crippen LogP contribution in [0.2, 0.25) is 0 Å². The van der Waals surface area contributed by atoms with Crippen molar-refractivity contribution in [3.63, 3.8) is 0 Å². The molecule has 1 aromatic heterocycles. The summed E-state index contributed by atoms with van der Waals surface area (Å²) in [7, 11) is 0. The fourth-order valence-corrected chi connectivity index (χ4v) is 1.80. The van der Waals surface area contributed by atoms with Crippen molar-refractivity contribution >= 4 is 24.1 Å². The molecule has 3 N–H and O–H groups in total. The van der Waals surface area contributed by atoms with Crippen molar-refractivity contribution in [2.24, 2.45) is 5.73 Å². The van der Waals surface area contributed by atoms with E-state index in [2.05, 4.69) is 0 Å². The smallest absolute Gasteiger partial charge is 0.126 e. The molecule has 0 radical (unpaired) electrons.